The summed E-state index contributed by atoms with van der Waals surface area (Å²) >= 11 is 0. The zero-order valence-corrected chi connectivity index (χ0v) is 17.9. The molecule has 2 heterocycles. The molecule has 164 valence electrons. The summed E-state index contributed by atoms with van der Waals surface area (Å²) in [5, 5.41) is 10.0. The molecule has 0 bridgehead atoms. The maximum Gasteiger partial charge on any atom is 0.230 e. The molecule has 1 aliphatic rings. The highest BCUT2D eigenvalue weighted by Crippen LogP contribution is 2.36. The fourth-order valence-corrected chi connectivity index (χ4v) is 3.86. The smallest absolute Gasteiger partial charge is 0.230 e. The summed E-state index contributed by atoms with van der Waals surface area (Å²) in [7, 11) is 1.63. The minimum absolute atomic E-state index is 0.306. The van der Waals surface area contributed by atoms with Crippen molar-refractivity contribution in [3.8, 4) is 23.1 Å². The van der Waals surface area contributed by atoms with Gasteiger partial charge in [0.1, 0.15) is 12.1 Å². The Morgan fingerprint density at radius 3 is 2.61 bits per heavy atom. The highest BCUT2D eigenvalue weighted by Gasteiger charge is 2.18. The Bertz CT molecular complexity index is 975. The molecule has 2 aromatic carbocycles. The number of ether oxygens (including phenoxy) is 3. The SMILES string of the molecule is COc1cc2c(Oc3ccccc3)ncnc2cc1OCCCN1CCC(CO)CC1. The van der Waals surface area contributed by atoms with Gasteiger partial charge in [0, 0.05) is 19.2 Å². The van der Waals surface area contributed by atoms with E-state index in [-0.39, 0.29) is 0 Å². The van der Waals surface area contributed by atoms with Gasteiger partial charge in [0.15, 0.2) is 11.5 Å². The molecule has 3 aromatic rings. The Balaban J connectivity index is 1.40. The number of para-hydroxylation sites is 1. The Kier molecular flexibility index (Phi) is 7.17. The molecule has 0 saturated carbocycles. The van der Waals surface area contributed by atoms with Gasteiger partial charge in [0.05, 0.1) is 24.6 Å². The fourth-order valence-electron chi connectivity index (χ4n) is 3.86. The number of fused-ring (bicyclic) bond motifs is 1. The molecule has 7 nitrogen and oxygen atoms in total. The van der Waals surface area contributed by atoms with Crippen molar-refractivity contribution in [2.75, 3.05) is 40.0 Å². The fraction of sp³-hybridized carbons (Fsp3) is 0.417. The average molecular weight is 424 g/mol. The van der Waals surface area contributed by atoms with E-state index in [0.29, 0.717) is 42.3 Å². The van der Waals surface area contributed by atoms with Crippen LogP contribution in [-0.4, -0.2) is 59.9 Å². The number of aliphatic hydroxyl groups excluding tert-OH is 1. The molecule has 7 heteroatoms. The van der Waals surface area contributed by atoms with E-state index >= 15 is 0 Å². The van der Waals surface area contributed by atoms with Gasteiger partial charge in [-0.05, 0) is 56.5 Å². The summed E-state index contributed by atoms with van der Waals surface area (Å²) in [6.45, 7) is 3.99. The van der Waals surface area contributed by atoms with Gasteiger partial charge in [0.2, 0.25) is 5.88 Å². The Labute approximate surface area is 182 Å². The maximum atomic E-state index is 9.27. The second-order valence-electron chi connectivity index (χ2n) is 7.78. The first-order valence-electron chi connectivity index (χ1n) is 10.8. The standard InChI is InChI=1S/C24H29N3O4/c1-29-22-14-20-21(25-17-26-24(20)31-19-6-3-2-4-7-19)15-23(22)30-13-5-10-27-11-8-18(16-28)9-12-27/h2-4,6-7,14-15,17-18,28H,5,8-13,16H2,1H3. The molecule has 1 aromatic heterocycles. The lowest BCUT2D eigenvalue weighted by molar-refractivity contribution is 0.126. The quantitative estimate of drug-likeness (QED) is 0.523. The van der Waals surface area contributed by atoms with Crippen molar-refractivity contribution in [2.45, 2.75) is 19.3 Å². The minimum Gasteiger partial charge on any atom is -0.493 e. The van der Waals surface area contributed by atoms with Crippen molar-refractivity contribution in [2.24, 2.45) is 5.92 Å². The van der Waals surface area contributed by atoms with Gasteiger partial charge in [-0.2, -0.15) is 0 Å². The largest absolute Gasteiger partial charge is 0.493 e. The van der Waals surface area contributed by atoms with E-state index in [2.05, 4.69) is 14.9 Å². The van der Waals surface area contributed by atoms with Crippen molar-refractivity contribution >= 4 is 10.9 Å². The Hall–Kier alpha value is -2.90. The van der Waals surface area contributed by atoms with E-state index in [0.717, 1.165) is 49.8 Å². The molecule has 1 aliphatic heterocycles. The molecular formula is C24H29N3O4. The molecule has 0 amide bonds. The lowest BCUT2D eigenvalue weighted by atomic mass is 9.98. The Morgan fingerprint density at radius 2 is 1.87 bits per heavy atom. The van der Waals surface area contributed by atoms with Crippen LogP contribution >= 0.6 is 0 Å². The second-order valence-corrected chi connectivity index (χ2v) is 7.78. The lowest BCUT2D eigenvalue weighted by Gasteiger charge is -2.30. The van der Waals surface area contributed by atoms with E-state index in [1.165, 1.54) is 6.33 Å². The van der Waals surface area contributed by atoms with Gasteiger partial charge in [-0.3, -0.25) is 0 Å². The van der Waals surface area contributed by atoms with Crippen LogP contribution in [-0.2, 0) is 0 Å². The van der Waals surface area contributed by atoms with Crippen molar-refractivity contribution in [1.82, 2.24) is 14.9 Å². The third-order valence-electron chi connectivity index (χ3n) is 5.68. The number of rotatable bonds is 9. The molecule has 0 unspecified atom stereocenters. The van der Waals surface area contributed by atoms with Crippen LogP contribution in [0.2, 0.25) is 0 Å². The molecule has 0 spiro atoms. The molecule has 0 radical (unpaired) electrons. The number of nitrogens with zero attached hydrogens (tertiary/aromatic N) is 3. The van der Waals surface area contributed by atoms with E-state index in [1.807, 2.05) is 42.5 Å². The molecule has 4 rings (SSSR count). The zero-order valence-electron chi connectivity index (χ0n) is 17.9. The van der Waals surface area contributed by atoms with Crippen LogP contribution < -0.4 is 14.2 Å². The van der Waals surface area contributed by atoms with Gasteiger partial charge >= 0.3 is 0 Å². The molecule has 31 heavy (non-hydrogen) atoms. The first kappa shape index (κ1) is 21.3. The summed E-state index contributed by atoms with van der Waals surface area (Å²) in [6, 6.07) is 13.3. The molecule has 1 saturated heterocycles. The Morgan fingerprint density at radius 1 is 1.06 bits per heavy atom. The first-order valence-corrected chi connectivity index (χ1v) is 10.8. The first-order chi connectivity index (χ1) is 15.3. The number of hydrogen-bond acceptors (Lipinski definition) is 7. The van der Waals surface area contributed by atoms with Gasteiger partial charge in [0.25, 0.3) is 0 Å². The van der Waals surface area contributed by atoms with Gasteiger partial charge in [-0.15, -0.1) is 0 Å². The summed E-state index contributed by atoms with van der Waals surface area (Å²) < 4.78 is 17.5. The van der Waals surface area contributed by atoms with Gasteiger partial charge in [-0.1, -0.05) is 18.2 Å². The topological polar surface area (TPSA) is 76.9 Å². The van der Waals surface area contributed by atoms with Crippen LogP contribution in [0.3, 0.4) is 0 Å². The van der Waals surface area contributed by atoms with E-state index in [9.17, 15) is 5.11 Å². The highest BCUT2D eigenvalue weighted by atomic mass is 16.5. The summed E-state index contributed by atoms with van der Waals surface area (Å²) in [5.41, 5.74) is 0.739. The average Bonchev–Trinajstić information content (AvgIpc) is 2.82. The number of aliphatic hydroxyl groups is 1. The van der Waals surface area contributed by atoms with Crippen LogP contribution in [0.1, 0.15) is 19.3 Å². The molecule has 1 N–H and O–H groups in total. The monoisotopic (exact) mass is 423 g/mol. The summed E-state index contributed by atoms with van der Waals surface area (Å²) in [6.07, 6.45) is 4.57. The van der Waals surface area contributed by atoms with Crippen molar-refractivity contribution in [1.29, 1.82) is 0 Å². The van der Waals surface area contributed by atoms with Crippen LogP contribution in [0.25, 0.3) is 10.9 Å². The van der Waals surface area contributed by atoms with Gasteiger partial charge in [-0.25, -0.2) is 9.97 Å². The van der Waals surface area contributed by atoms with Crippen LogP contribution in [0.5, 0.6) is 23.1 Å². The van der Waals surface area contributed by atoms with Crippen molar-refractivity contribution in [3.05, 3.63) is 48.8 Å². The predicted molar refractivity (Wildman–Crippen MR) is 119 cm³/mol. The second kappa shape index (κ2) is 10.4. The molecular weight excluding hydrogens is 394 g/mol. The zero-order chi connectivity index (χ0) is 21.5. The number of methoxy groups -OCH3 is 1. The number of aromatic nitrogens is 2. The predicted octanol–water partition coefficient (Wildman–Crippen LogP) is 3.90. The highest BCUT2D eigenvalue weighted by molar-refractivity contribution is 5.87. The summed E-state index contributed by atoms with van der Waals surface area (Å²) in [4.78, 5) is 11.1. The van der Waals surface area contributed by atoms with Crippen LogP contribution in [0.15, 0.2) is 48.8 Å². The van der Waals surface area contributed by atoms with Crippen molar-refractivity contribution in [3.63, 3.8) is 0 Å². The number of benzene rings is 2. The molecule has 1 fully saturated rings. The number of likely N-dealkylation sites (tertiary alicyclic amines) is 1. The van der Waals surface area contributed by atoms with E-state index in [4.69, 9.17) is 14.2 Å². The number of piperidine rings is 1. The molecule has 0 atom stereocenters. The minimum atomic E-state index is 0.306. The third-order valence-corrected chi connectivity index (χ3v) is 5.68. The maximum absolute atomic E-state index is 9.27. The van der Waals surface area contributed by atoms with Gasteiger partial charge < -0.3 is 24.2 Å². The van der Waals surface area contributed by atoms with E-state index < -0.39 is 0 Å². The van der Waals surface area contributed by atoms with Crippen LogP contribution in [0, 0.1) is 5.92 Å². The van der Waals surface area contributed by atoms with E-state index in [1.54, 1.807) is 7.11 Å². The third kappa shape index (κ3) is 5.42. The normalized spacial score (nSPS) is 15.2. The lowest BCUT2D eigenvalue weighted by Crippen LogP contribution is -2.35. The van der Waals surface area contributed by atoms with Crippen LogP contribution in [0.4, 0.5) is 0 Å². The summed E-state index contributed by atoms with van der Waals surface area (Å²) in [5.74, 6) is 2.95. The molecule has 0 aliphatic carbocycles. The number of hydrogen-bond donors (Lipinski definition) is 1. The van der Waals surface area contributed by atoms with Crippen molar-refractivity contribution < 1.29 is 19.3 Å².